The maximum Gasteiger partial charge on any atom is 0.0891 e. The van der Waals surface area contributed by atoms with E-state index in [0.717, 1.165) is 23.1 Å². The Kier molecular flexibility index (Phi) is 3.36. The van der Waals surface area contributed by atoms with Crippen molar-refractivity contribution < 1.29 is 0 Å². The summed E-state index contributed by atoms with van der Waals surface area (Å²) in [6.45, 7) is 7.17. The summed E-state index contributed by atoms with van der Waals surface area (Å²) >= 11 is 6.14. The monoisotopic (exact) mass is 248 g/mol. The number of fused-ring (bicyclic) bond motifs is 1. The molecule has 17 heavy (non-hydrogen) atoms. The fraction of sp³-hybridized carbons (Fsp3) is 0.357. The topological polar surface area (TPSA) is 24.9 Å². The zero-order chi connectivity index (χ0) is 12.5. The lowest BCUT2D eigenvalue weighted by atomic mass is 10.1. The second kappa shape index (κ2) is 4.63. The molecule has 0 atom stereocenters. The Morgan fingerprint density at radius 1 is 1.18 bits per heavy atom. The fourth-order valence-corrected chi connectivity index (χ4v) is 1.83. The molecule has 0 aliphatic carbocycles. The van der Waals surface area contributed by atoms with E-state index in [-0.39, 0.29) is 5.54 Å². The van der Waals surface area contributed by atoms with E-state index in [1.54, 1.807) is 0 Å². The highest BCUT2D eigenvalue weighted by Gasteiger charge is 2.09. The molecule has 0 spiro atoms. The number of benzene rings is 1. The molecule has 0 radical (unpaired) electrons. The molecule has 1 N–H and O–H groups in total. The Morgan fingerprint density at radius 2 is 1.94 bits per heavy atom. The molecule has 1 aromatic heterocycles. The van der Waals surface area contributed by atoms with Crippen LogP contribution in [-0.4, -0.2) is 10.5 Å². The van der Waals surface area contributed by atoms with Crippen molar-refractivity contribution in [2.75, 3.05) is 0 Å². The van der Waals surface area contributed by atoms with Crippen molar-refractivity contribution in [3.63, 3.8) is 0 Å². The molecule has 0 unspecified atom stereocenters. The molecule has 0 aliphatic rings. The van der Waals surface area contributed by atoms with Crippen LogP contribution in [0, 0.1) is 0 Å². The summed E-state index contributed by atoms with van der Waals surface area (Å²) in [5, 5.41) is 5.21. The van der Waals surface area contributed by atoms with Gasteiger partial charge in [0.05, 0.1) is 16.2 Å². The van der Waals surface area contributed by atoms with Gasteiger partial charge in [0.25, 0.3) is 0 Å². The number of nitrogens with one attached hydrogen (secondary N) is 1. The van der Waals surface area contributed by atoms with Crippen LogP contribution in [0.5, 0.6) is 0 Å². The minimum atomic E-state index is 0.0944. The molecule has 0 aliphatic heterocycles. The molecule has 2 aromatic rings. The van der Waals surface area contributed by atoms with Gasteiger partial charge in [-0.2, -0.15) is 0 Å². The quantitative estimate of drug-likeness (QED) is 0.875. The third kappa shape index (κ3) is 3.18. The maximum absolute atomic E-state index is 6.14. The van der Waals surface area contributed by atoms with Gasteiger partial charge in [-0.1, -0.05) is 29.8 Å². The number of hydrogen-bond acceptors (Lipinski definition) is 2. The molecule has 2 rings (SSSR count). The van der Waals surface area contributed by atoms with E-state index >= 15 is 0 Å². The van der Waals surface area contributed by atoms with Crippen molar-refractivity contribution in [2.45, 2.75) is 32.9 Å². The van der Waals surface area contributed by atoms with Crippen LogP contribution in [0.1, 0.15) is 26.5 Å². The van der Waals surface area contributed by atoms with Crippen LogP contribution in [0.4, 0.5) is 0 Å². The molecule has 3 heteroatoms. The molecule has 1 heterocycles. The van der Waals surface area contributed by atoms with Crippen LogP contribution >= 0.6 is 11.6 Å². The van der Waals surface area contributed by atoms with Crippen molar-refractivity contribution in [2.24, 2.45) is 0 Å². The first-order valence-corrected chi connectivity index (χ1v) is 6.13. The van der Waals surface area contributed by atoms with Gasteiger partial charge >= 0.3 is 0 Å². The van der Waals surface area contributed by atoms with Crippen molar-refractivity contribution >= 4 is 22.5 Å². The van der Waals surface area contributed by atoms with Gasteiger partial charge in [0.2, 0.25) is 0 Å². The number of hydrogen-bond donors (Lipinski definition) is 1. The van der Waals surface area contributed by atoms with E-state index in [2.05, 4.69) is 37.1 Å². The molecule has 0 fully saturated rings. The van der Waals surface area contributed by atoms with E-state index in [4.69, 9.17) is 11.6 Å². The molecule has 0 amide bonds. The van der Waals surface area contributed by atoms with E-state index in [1.165, 1.54) is 0 Å². The summed E-state index contributed by atoms with van der Waals surface area (Å²) in [5.74, 6) is 0. The number of pyridine rings is 1. The van der Waals surface area contributed by atoms with Crippen LogP contribution in [-0.2, 0) is 6.54 Å². The van der Waals surface area contributed by atoms with Crippen molar-refractivity contribution in [3.05, 3.63) is 41.0 Å². The summed E-state index contributed by atoms with van der Waals surface area (Å²) < 4.78 is 0. The molecular weight excluding hydrogens is 232 g/mol. The van der Waals surface area contributed by atoms with Crippen LogP contribution in [0.3, 0.4) is 0 Å². The molecule has 0 bridgehead atoms. The number of rotatable bonds is 2. The lowest BCUT2D eigenvalue weighted by Crippen LogP contribution is -2.35. The first kappa shape index (κ1) is 12.3. The van der Waals surface area contributed by atoms with E-state index in [9.17, 15) is 0 Å². The van der Waals surface area contributed by atoms with Gasteiger partial charge in [-0.25, -0.2) is 4.98 Å². The van der Waals surface area contributed by atoms with Gasteiger partial charge in [0.15, 0.2) is 0 Å². The van der Waals surface area contributed by atoms with Gasteiger partial charge in [0, 0.05) is 17.5 Å². The minimum absolute atomic E-state index is 0.0944. The van der Waals surface area contributed by atoms with Crippen LogP contribution in [0.25, 0.3) is 10.9 Å². The minimum Gasteiger partial charge on any atom is -0.306 e. The summed E-state index contributed by atoms with van der Waals surface area (Å²) in [7, 11) is 0. The third-order valence-electron chi connectivity index (χ3n) is 2.53. The summed E-state index contributed by atoms with van der Waals surface area (Å²) in [4.78, 5) is 4.58. The number of aromatic nitrogens is 1. The van der Waals surface area contributed by atoms with Gasteiger partial charge in [-0.05, 0) is 32.9 Å². The molecular formula is C14H17ClN2. The predicted octanol–water partition coefficient (Wildman–Crippen LogP) is 3.78. The lowest BCUT2D eigenvalue weighted by Gasteiger charge is -2.20. The SMILES string of the molecule is CC(C)(C)NCc1ccc2cccc(Cl)c2n1. The van der Waals surface area contributed by atoms with E-state index < -0.39 is 0 Å². The number of nitrogens with zero attached hydrogens (tertiary/aromatic N) is 1. The summed E-state index contributed by atoms with van der Waals surface area (Å²) in [6, 6.07) is 9.94. The number of halogens is 1. The zero-order valence-electron chi connectivity index (χ0n) is 10.4. The first-order valence-electron chi connectivity index (χ1n) is 5.75. The summed E-state index contributed by atoms with van der Waals surface area (Å²) in [6.07, 6.45) is 0. The molecule has 0 saturated carbocycles. The smallest absolute Gasteiger partial charge is 0.0891 e. The Labute approximate surface area is 107 Å². The second-order valence-corrected chi connectivity index (χ2v) is 5.62. The standard InChI is InChI=1S/C14H17ClN2/c1-14(2,3)16-9-11-8-7-10-5-4-6-12(15)13(10)17-11/h4-8,16H,9H2,1-3H3. The van der Waals surface area contributed by atoms with Gasteiger partial charge in [0.1, 0.15) is 0 Å². The third-order valence-corrected chi connectivity index (χ3v) is 2.83. The average molecular weight is 249 g/mol. The van der Waals surface area contributed by atoms with E-state index in [0.29, 0.717) is 5.02 Å². The van der Waals surface area contributed by atoms with Crippen molar-refractivity contribution in [1.29, 1.82) is 0 Å². The van der Waals surface area contributed by atoms with Crippen molar-refractivity contribution in [3.8, 4) is 0 Å². The Balaban J connectivity index is 2.28. The molecule has 0 saturated heterocycles. The van der Waals surface area contributed by atoms with Crippen molar-refractivity contribution in [1.82, 2.24) is 10.3 Å². The van der Waals surface area contributed by atoms with Crippen LogP contribution in [0.15, 0.2) is 30.3 Å². The first-order chi connectivity index (χ1) is 7.96. The largest absolute Gasteiger partial charge is 0.306 e. The van der Waals surface area contributed by atoms with Crippen LogP contribution in [0.2, 0.25) is 5.02 Å². The molecule has 1 aromatic carbocycles. The predicted molar refractivity (Wildman–Crippen MR) is 73.3 cm³/mol. The van der Waals surface area contributed by atoms with Crippen LogP contribution < -0.4 is 5.32 Å². The number of para-hydroxylation sites is 1. The second-order valence-electron chi connectivity index (χ2n) is 5.22. The van der Waals surface area contributed by atoms with Gasteiger partial charge in [-0.15, -0.1) is 0 Å². The zero-order valence-corrected chi connectivity index (χ0v) is 11.2. The maximum atomic E-state index is 6.14. The highest BCUT2D eigenvalue weighted by Crippen LogP contribution is 2.21. The average Bonchev–Trinajstić information content (AvgIpc) is 2.26. The lowest BCUT2D eigenvalue weighted by molar-refractivity contribution is 0.421. The van der Waals surface area contributed by atoms with Gasteiger partial charge in [-0.3, -0.25) is 0 Å². The normalized spacial score (nSPS) is 12.0. The molecule has 2 nitrogen and oxygen atoms in total. The summed E-state index contributed by atoms with van der Waals surface area (Å²) in [5.41, 5.74) is 1.99. The highest BCUT2D eigenvalue weighted by atomic mass is 35.5. The van der Waals surface area contributed by atoms with Gasteiger partial charge < -0.3 is 5.32 Å². The Hall–Kier alpha value is -1.12. The van der Waals surface area contributed by atoms with E-state index in [1.807, 2.05) is 24.3 Å². The fourth-order valence-electron chi connectivity index (χ4n) is 1.61. The Morgan fingerprint density at radius 3 is 2.65 bits per heavy atom. The Bertz CT molecular complexity index is 529. The highest BCUT2D eigenvalue weighted by molar-refractivity contribution is 6.35. The molecule has 90 valence electrons.